The maximum atomic E-state index is 4.55. The van der Waals surface area contributed by atoms with E-state index in [0.29, 0.717) is 6.04 Å². The lowest BCUT2D eigenvalue weighted by Gasteiger charge is -2.17. The van der Waals surface area contributed by atoms with Crippen LogP contribution < -0.4 is 0 Å². The van der Waals surface area contributed by atoms with Gasteiger partial charge in [-0.15, -0.1) is 0 Å². The Labute approximate surface area is 87.0 Å². The molecule has 13 heavy (non-hydrogen) atoms. The first-order valence-electron chi connectivity index (χ1n) is 5.03. The Hall–Kier alpha value is -0.240. The highest BCUT2D eigenvalue weighted by atomic mass is 32.1. The van der Waals surface area contributed by atoms with Gasteiger partial charge in [-0.25, -0.2) is 4.99 Å². The van der Waals surface area contributed by atoms with Gasteiger partial charge in [0.25, 0.3) is 0 Å². The molecule has 0 saturated heterocycles. The summed E-state index contributed by atoms with van der Waals surface area (Å²) >= 11 is 4.55. The van der Waals surface area contributed by atoms with E-state index in [1.165, 1.54) is 13.0 Å². The highest BCUT2D eigenvalue weighted by molar-refractivity contribution is 7.78. The molecule has 0 radical (unpaired) electrons. The van der Waals surface area contributed by atoms with Crippen LogP contribution in [0.15, 0.2) is 4.99 Å². The van der Waals surface area contributed by atoms with Crippen molar-refractivity contribution in [2.75, 3.05) is 19.6 Å². The summed E-state index contributed by atoms with van der Waals surface area (Å²) in [5.41, 5.74) is 0. The average Bonchev–Trinajstić information content (AvgIpc) is 2.13. The molecule has 0 spiro atoms. The van der Waals surface area contributed by atoms with Gasteiger partial charge in [-0.1, -0.05) is 13.8 Å². The molecule has 0 bridgehead atoms. The topological polar surface area (TPSA) is 15.6 Å². The van der Waals surface area contributed by atoms with Crippen molar-refractivity contribution in [1.82, 2.24) is 4.90 Å². The smallest absolute Gasteiger partial charge is 0.0587 e. The number of rotatable bonds is 7. The molecule has 0 aromatic rings. The van der Waals surface area contributed by atoms with Crippen LogP contribution in [0, 0.1) is 0 Å². The van der Waals surface area contributed by atoms with Crippen LogP contribution in [0.2, 0.25) is 0 Å². The van der Waals surface area contributed by atoms with Crippen LogP contribution in [0.1, 0.15) is 33.6 Å². The molecule has 0 rings (SSSR count). The van der Waals surface area contributed by atoms with Crippen molar-refractivity contribution in [3.05, 3.63) is 0 Å². The summed E-state index contributed by atoms with van der Waals surface area (Å²) in [5, 5.41) is 2.43. The zero-order chi connectivity index (χ0) is 10.1. The molecule has 0 aromatic heterocycles. The van der Waals surface area contributed by atoms with Gasteiger partial charge >= 0.3 is 0 Å². The molecule has 0 amide bonds. The van der Waals surface area contributed by atoms with E-state index in [0.717, 1.165) is 19.5 Å². The van der Waals surface area contributed by atoms with E-state index in [9.17, 15) is 0 Å². The van der Waals surface area contributed by atoms with E-state index < -0.39 is 0 Å². The van der Waals surface area contributed by atoms with Crippen LogP contribution in [0.5, 0.6) is 0 Å². The van der Waals surface area contributed by atoms with Gasteiger partial charge in [0.2, 0.25) is 0 Å². The number of aliphatic imine (C=N–C) groups is 1. The second-order valence-electron chi connectivity index (χ2n) is 3.24. The predicted octanol–water partition coefficient (Wildman–Crippen LogP) is 2.60. The third-order valence-corrected chi connectivity index (χ3v) is 2.37. The maximum absolute atomic E-state index is 4.55. The molecule has 0 N–H and O–H groups in total. The number of isothiocyanates is 1. The fraction of sp³-hybridized carbons (Fsp3) is 0.900. The van der Waals surface area contributed by atoms with Crippen LogP contribution in [-0.2, 0) is 0 Å². The number of hydrogen-bond acceptors (Lipinski definition) is 3. The quantitative estimate of drug-likeness (QED) is 0.464. The van der Waals surface area contributed by atoms with Gasteiger partial charge in [-0.2, -0.15) is 0 Å². The minimum atomic E-state index is 0.341. The second kappa shape index (κ2) is 8.36. The van der Waals surface area contributed by atoms with E-state index in [1.54, 1.807) is 0 Å². The normalized spacial score (nSPS) is 12.6. The molecule has 0 saturated carbocycles. The third kappa shape index (κ3) is 6.88. The van der Waals surface area contributed by atoms with Gasteiger partial charge in [0, 0.05) is 0 Å². The summed E-state index contributed by atoms with van der Waals surface area (Å²) < 4.78 is 0. The standard InChI is InChI=1S/C10H20N2S/c1-4-12(5-2)8-6-7-10(3)11-9-13/h10H,4-8H2,1-3H3. The molecule has 1 unspecified atom stereocenters. The Morgan fingerprint density at radius 2 is 2.00 bits per heavy atom. The molecule has 0 aromatic carbocycles. The molecule has 0 aliphatic carbocycles. The summed E-state index contributed by atoms with van der Waals surface area (Å²) in [6.07, 6.45) is 2.31. The van der Waals surface area contributed by atoms with Crippen LogP contribution in [0.3, 0.4) is 0 Å². The monoisotopic (exact) mass is 200 g/mol. The third-order valence-electron chi connectivity index (χ3n) is 2.26. The van der Waals surface area contributed by atoms with Crippen molar-refractivity contribution in [2.24, 2.45) is 4.99 Å². The van der Waals surface area contributed by atoms with E-state index in [1.807, 2.05) is 0 Å². The SMILES string of the molecule is CCN(CC)CCCC(C)N=C=S. The number of thiocarbonyl (C=S) groups is 1. The first-order chi connectivity index (χ1) is 6.24. The van der Waals surface area contributed by atoms with Gasteiger partial charge in [-0.3, -0.25) is 0 Å². The Balaban J connectivity index is 3.48. The van der Waals surface area contributed by atoms with Gasteiger partial charge < -0.3 is 4.90 Å². The molecule has 76 valence electrons. The molecule has 2 nitrogen and oxygen atoms in total. The summed E-state index contributed by atoms with van der Waals surface area (Å²) in [5.74, 6) is 0. The Kier molecular flexibility index (Phi) is 8.21. The van der Waals surface area contributed by atoms with Crippen molar-refractivity contribution in [3.63, 3.8) is 0 Å². The zero-order valence-electron chi connectivity index (χ0n) is 8.92. The summed E-state index contributed by atoms with van der Waals surface area (Å²) in [6.45, 7) is 9.93. The second-order valence-corrected chi connectivity index (χ2v) is 3.42. The van der Waals surface area contributed by atoms with Crippen LogP contribution in [0.25, 0.3) is 0 Å². The van der Waals surface area contributed by atoms with E-state index in [4.69, 9.17) is 0 Å². The van der Waals surface area contributed by atoms with Crippen molar-refractivity contribution in [3.8, 4) is 0 Å². The highest BCUT2D eigenvalue weighted by Crippen LogP contribution is 2.01. The maximum Gasteiger partial charge on any atom is 0.0587 e. The van der Waals surface area contributed by atoms with Gasteiger partial charge in [-0.05, 0) is 51.6 Å². The van der Waals surface area contributed by atoms with Crippen LogP contribution in [-0.4, -0.2) is 35.7 Å². The van der Waals surface area contributed by atoms with Gasteiger partial charge in [0.1, 0.15) is 0 Å². The van der Waals surface area contributed by atoms with Gasteiger partial charge in [0.15, 0.2) is 0 Å². The molecular weight excluding hydrogens is 180 g/mol. The Bertz CT molecular complexity index is 160. The Morgan fingerprint density at radius 3 is 2.46 bits per heavy atom. The lowest BCUT2D eigenvalue weighted by atomic mass is 10.2. The fourth-order valence-corrected chi connectivity index (χ4v) is 1.48. The summed E-state index contributed by atoms with van der Waals surface area (Å²) in [6, 6.07) is 0.341. The largest absolute Gasteiger partial charge is 0.304 e. The number of hydrogen-bond donors (Lipinski definition) is 0. The van der Waals surface area contributed by atoms with E-state index in [-0.39, 0.29) is 0 Å². The molecule has 0 aliphatic rings. The number of nitrogens with zero attached hydrogens (tertiary/aromatic N) is 2. The van der Waals surface area contributed by atoms with Crippen LogP contribution in [0.4, 0.5) is 0 Å². The van der Waals surface area contributed by atoms with Crippen molar-refractivity contribution in [1.29, 1.82) is 0 Å². The summed E-state index contributed by atoms with van der Waals surface area (Å²) in [4.78, 5) is 6.44. The summed E-state index contributed by atoms with van der Waals surface area (Å²) in [7, 11) is 0. The zero-order valence-corrected chi connectivity index (χ0v) is 9.73. The minimum Gasteiger partial charge on any atom is -0.304 e. The molecule has 1 atom stereocenters. The van der Waals surface area contributed by atoms with Gasteiger partial charge in [0.05, 0.1) is 11.2 Å². The highest BCUT2D eigenvalue weighted by Gasteiger charge is 2.01. The average molecular weight is 200 g/mol. The first kappa shape index (κ1) is 12.8. The molecular formula is C10H20N2S. The van der Waals surface area contributed by atoms with E-state index in [2.05, 4.69) is 48.0 Å². The molecule has 0 heterocycles. The van der Waals surface area contributed by atoms with Crippen molar-refractivity contribution < 1.29 is 0 Å². The van der Waals surface area contributed by atoms with Crippen LogP contribution >= 0.6 is 12.2 Å². The predicted molar refractivity (Wildman–Crippen MR) is 61.5 cm³/mol. The molecule has 0 aliphatic heterocycles. The van der Waals surface area contributed by atoms with E-state index >= 15 is 0 Å². The first-order valence-corrected chi connectivity index (χ1v) is 5.44. The van der Waals surface area contributed by atoms with Crippen molar-refractivity contribution >= 4 is 17.4 Å². The fourth-order valence-electron chi connectivity index (χ4n) is 1.30. The lowest BCUT2D eigenvalue weighted by Crippen LogP contribution is -2.24. The lowest BCUT2D eigenvalue weighted by molar-refractivity contribution is 0.294. The Morgan fingerprint density at radius 1 is 1.38 bits per heavy atom. The molecule has 0 fully saturated rings. The molecule has 3 heteroatoms. The minimum absolute atomic E-state index is 0.341. The van der Waals surface area contributed by atoms with Crippen molar-refractivity contribution in [2.45, 2.75) is 39.7 Å².